The van der Waals surface area contributed by atoms with Crippen LogP contribution in [-0.2, 0) is 9.84 Å². The van der Waals surface area contributed by atoms with E-state index in [0.717, 1.165) is 6.42 Å². The van der Waals surface area contributed by atoms with E-state index in [1.54, 1.807) is 0 Å². The molecule has 0 saturated carbocycles. The molecule has 2 nitrogen and oxygen atoms in total. The molecule has 0 amide bonds. The average molecular weight is 159 g/mol. The van der Waals surface area contributed by atoms with Gasteiger partial charge in [0, 0.05) is 13.0 Å². The molecular weight excluding hydrogens is 140 g/mol. The van der Waals surface area contributed by atoms with Crippen molar-refractivity contribution in [3.8, 4) is 0 Å². The highest BCUT2D eigenvalue weighted by atomic mass is 16.6. The van der Waals surface area contributed by atoms with E-state index >= 15 is 0 Å². The molecule has 67 valence electrons. The molecule has 0 aromatic heterocycles. The molecule has 0 N–H and O–H groups in total. The van der Waals surface area contributed by atoms with Gasteiger partial charge in [0.05, 0.1) is 0 Å². The molecule has 0 bridgehead atoms. The Morgan fingerprint density at radius 3 is 2.45 bits per heavy atom. The van der Waals surface area contributed by atoms with Crippen LogP contribution in [0.5, 0.6) is 0 Å². The van der Waals surface area contributed by atoms with Gasteiger partial charge in [0.1, 0.15) is 0 Å². The topological polar surface area (TPSA) is 29.1 Å². The highest BCUT2D eigenvalue weighted by molar-refractivity contribution is 4.44. The van der Waals surface area contributed by atoms with Gasteiger partial charge in [0.2, 0.25) is 0 Å². The summed E-state index contributed by atoms with van der Waals surface area (Å²) in [6.07, 6.45) is 4.53. The van der Waals surface area contributed by atoms with Gasteiger partial charge in [-0.05, 0) is 13.3 Å². The van der Waals surface area contributed by atoms with Crippen molar-refractivity contribution in [3.05, 3.63) is 0 Å². The standard InChI is InChI=1S/C9H19O2/c1-3-5-6-7-8-9(10)11-4-2/h9H,3-8H2,1-2H3. The fourth-order valence-corrected chi connectivity index (χ4v) is 1.01. The van der Waals surface area contributed by atoms with Gasteiger partial charge in [-0.25, -0.2) is 5.11 Å². The Hall–Kier alpha value is -0.0800. The Labute approximate surface area is 69.6 Å². The molecule has 1 atom stereocenters. The Morgan fingerprint density at radius 2 is 1.91 bits per heavy atom. The van der Waals surface area contributed by atoms with Crippen LogP contribution in [0, 0.1) is 0 Å². The van der Waals surface area contributed by atoms with Crippen molar-refractivity contribution in [2.24, 2.45) is 0 Å². The van der Waals surface area contributed by atoms with Gasteiger partial charge in [-0.15, -0.1) is 0 Å². The van der Waals surface area contributed by atoms with E-state index in [1.807, 2.05) is 6.92 Å². The number of ether oxygens (including phenoxy) is 1. The first-order valence-corrected chi connectivity index (χ1v) is 4.58. The highest BCUT2D eigenvalue weighted by Gasteiger charge is 2.02. The smallest absolute Gasteiger partial charge is 0.191 e. The molecule has 0 aliphatic heterocycles. The van der Waals surface area contributed by atoms with Crippen molar-refractivity contribution < 1.29 is 9.84 Å². The molecule has 2 heteroatoms. The molecule has 0 fully saturated rings. The third kappa shape index (κ3) is 7.82. The van der Waals surface area contributed by atoms with Gasteiger partial charge in [-0.3, -0.25) is 0 Å². The normalized spacial score (nSPS) is 13.4. The van der Waals surface area contributed by atoms with Crippen molar-refractivity contribution in [2.75, 3.05) is 6.61 Å². The zero-order valence-corrected chi connectivity index (χ0v) is 7.64. The third-order valence-corrected chi connectivity index (χ3v) is 1.65. The summed E-state index contributed by atoms with van der Waals surface area (Å²) in [5.74, 6) is 0. The van der Waals surface area contributed by atoms with Gasteiger partial charge in [-0.1, -0.05) is 26.2 Å². The van der Waals surface area contributed by atoms with Crippen LogP contribution in [0.25, 0.3) is 0 Å². The van der Waals surface area contributed by atoms with E-state index in [0.29, 0.717) is 13.0 Å². The maximum absolute atomic E-state index is 10.9. The quantitative estimate of drug-likeness (QED) is 0.415. The largest absolute Gasteiger partial charge is 0.350 e. The average Bonchev–Trinajstić information content (AvgIpc) is 1.99. The molecule has 0 saturated heterocycles. The van der Waals surface area contributed by atoms with E-state index < -0.39 is 6.29 Å². The van der Waals surface area contributed by atoms with Crippen molar-refractivity contribution in [1.29, 1.82) is 0 Å². The van der Waals surface area contributed by atoms with Crippen LogP contribution in [0.3, 0.4) is 0 Å². The predicted molar refractivity (Wildman–Crippen MR) is 44.9 cm³/mol. The second kappa shape index (κ2) is 8.02. The summed E-state index contributed by atoms with van der Waals surface area (Å²) in [7, 11) is 0. The summed E-state index contributed by atoms with van der Waals surface area (Å²) in [5, 5.41) is 10.9. The van der Waals surface area contributed by atoms with Crippen LogP contribution in [0.1, 0.15) is 46.0 Å². The molecule has 0 heterocycles. The monoisotopic (exact) mass is 159 g/mol. The summed E-state index contributed by atoms with van der Waals surface area (Å²) in [6.45, 7) is 4.57. The maximum Gasteiger partial charge on any atom is 0.191 e. The summed E-state index contributed by atoms with van der Waals surface area (Å²) in [5.41, 5.74) is 0. The number of hydrogen-bond acceptors (Lipinski definition) is 1. The van der Waals surface area contributed by atoms with Crippen LogP contribution in [0.15, 0.2) is 0 Å². The number of hydrogen-bond donors (Lipinski definition) is 0. The fraction of sp³-hybridized carbons (Fsp3) is 1.00. The maximum atomic E-state index is 10.9. The van der Waals surface area contributed by atoms with Crippen molar-refractivity contribution in [1.82, 2.24) is 0 Å². The summed E-state index contributed by atoms with van der Waals surface area (Å²) in [6, 6.07) is 0. The Balaban J connectivity index is 2.97. The van der Waals surface area contributed by atoms with E-state index in [2.05, 4.69) is 6.92 Å². The van der Waals surface area contributed by atoms with Gasteiger partial charge in [0.15, 0.2) is 6.29 Å². The Bertz CT molecular complexity index is 74.0. The molecule has 0 aliphatic carbocycles. The van der Waals surface area contributed by atoms with Crippen LogP contribution in [0.2, 0.25) is 0 Å². The molecule has 1 unspecified atom stereocenters. The summed E-state index contributed by atoms with van der Waals surface area (Å²) in [4.78, 5) is 0. The third-order valence-electron chi connectivity index (χ3n) is 1.65. The molecular formula is C9H19O2. The van der Waals surface area contributed by atoms with E-state index in [1.165, 1.54) is 19.3 Å². The van der Waals surface area contributed by atoms with E-state index in [9.17, 15) is 5.11 Å². The zero-order chi connectivity index (χ0) is 8.53. The van der Waals surface area contributed by atoms with Crippen LogP contribution in [0.4, 0.5) is 0 Å². The SMILES string of the molecule is CCCCCCC([O])OCC. The molecule has 1 radical (unpaired) electrons. The molecule has 0 aromatic carbocycles. The van der Waals surface area contributed by atoms with Crippen molar-refractivity contribution in [2.45, 2.75) is 52.2 Å². The molecule has 11 heavy (non-hydrogen) atoms. The van der Waals surface area contributed by atoms with Crippen LogP contribution in [-0.4, -0.2) is 12.9 Å². The van der Waals surface area contributed by atoms with Crippen molar-refractivity contribution >= 4 is 0 Å². The number of rotatable bonds is 7. The Kier molecular flexibility index (Phi) is 7.96. The van der Waals surface area contributed by atoms with Gasteiger partial charge in [0.25, 0.3) is 0 Å². The molecule has 0 rings (SSSR count). The van der Waals surface area contributed by atoms with Crippen molar-refractivity contribution in [3.63, 3.8) is 0 Å². The fourth-order valence-electron chi connectivity index (χ4n) is 1.01. The first-order valence-electron chi connectivity index (χ1n) is 4.58. The summed E-state index contributed by atoms with van der Waals surface area (Å²) >= 11 is 0. The lowest BCUT2D eigenvalue weighted by molar-refractivity contribution is -0.140. The lowest BCUT2D eigenvalue weighted by atomic mass is 10.1. The second-order valence-electron chi connectivity index (χ2n) is 2.73. The zero-order valence-electron chi connectivity index (χ0n) is 7.64. The van der Waals surface area contributed by atoms with Crippen LogP contribution < -0.4 is 0 Å². The summed E-state index contributed by atoms with van der Waals surface area (Å²) < 4.78 is 4.87. The molecule has 0 aliphatic rings. The predicted octanol–water partition coefficient (Wildman–Crippen LogP) is 2.75. The highest BCUT2D eigenvalue weighted by Crippen LogP contribution is 2.06. The molecule has 0 aromatic rings. The van der Waals surface area contributed by atoms with Crippen LogP contribution >= 0.6 is 0 Å². The molecule has 0 spiro atoms. The minimum absolute atomic E-state index is 0.544. The first kappa shape index (κ1) is 10.9. The minimum atomic E-state index is -0.781. The van der Waals surface area contributed by atoms with E-state index in [-0.39, 0.29) is 0 Å². The minimum Gasteiger partial charge on any atom is -0.350 e. The van der Waals surface area contributed by atoms with Gasteiger partial charge < -0.3 is 4.74 Å². The lowest BCUT2D eigenvalue weighted by Crippen LogP contribution is -2.09. The second-order valence-corrected chi connectivity index (χ2v) is 2.73. The lowest BCUT2D eigenvalue weighted by Gasteiger charge is -2.06. The van der Waals surface area contributed by atoms with Gasteiger partial charge >= 0.3 is 0 Å². The Morgan fingerprint density at radius 1 is 1.18 bits per heavy atom. The first-order chi connectivity index (χ1) is 5.31. The number of unbranched alkanes of at least 4 members (excludes halogenated alkanes) is 3. The van der Waals surface area contributed by atoms with Gasteiger partial charge in [-0.2, -0.15) is 0 Å². The van der Waals surface area contributed by atoms with E-state index in [4.69, 9.17) is 4.74 Å².